The van der Waals surface area contributed by atoms with E-state index in [1.165, 1.54) is 0 Å². The van der Waals surface area contributed by atoms with Crippen molar-refractivity contribution < 1.29 is 4.79 Å². The van der Waals surface area contributed by atoms with E-state index in [2.05, 4.69) is 5.32 Å². The number of nitrogens with one attached hydrogen (secondary N) is 1. The molecule has 3 rings (SSSR count). The Morgan fingerprint density at radius 1 is 1.41 bits per heavy atom. The van der Waals surface area contributed by atoms with Crippen LogP contribution >= 0.6 is 11.6 Å². The first-order valence-corrected chi connectivity index (χ1v) is 7.53. The number of carbonyl (C=O) groups excluding carboxylic acids is 1. The molecule has 0 radical (unpaired) electrons. The summed E-state index contributed by atoms with van der Waals surface area (Å²) in [5.74, 6) is -0.715. The van der Waals surface area contributed by atoms with Gasteiger partial charge in [0.25, 0.3) is 5.91 Å². The summed E-state index contributed by atoms with van der Waals surface area (Å²) in [6, 6.07) is 3.71. The van der Waals surface area contributed by atoms with E-state index in [-0.39, 0.29) is 11.0 Å². The number of benzene rings is 1. The number of pyridine rings is 1. The van der Waals surface area contributed by atoms with Gasteiger partial charge in [0.05, 0.1) is 16.2 Å². The number of fused-ring (bicyclic) bond motifs is 1. The highest BCUT2D eigenvalue weighted by Gasteiger charge is 2.26. The Kier molecular flexibility index (Phi) is 3.80. The molecule has 0 spiro atoms. The Morgan fingerprint density at radius 3 is 2.73 bits per heavy atom. The molecular formula is C15H17ClN4O2. The summed E-state index contributed by atoms with van der Waals surface area (Å²) in [6.45, 7) is 0.986. The lowest BCUT2D eigenvalue weighted by Crippen LogP contribution is -2.24. The van der Waals surface area contributed by atoms with Crippen LogP contribution in [0.5, 0.6) is 0 Å². The fourth-order valence-corrected chi connectivity index (χ4v) is 2.77. The molecule has 6 nitrogen and oxygen atoms in total. The minimum absolute atomic E-state index is 0.00602. The third-order valence-electron chi connectivity index (χ3n) is 3.79. The number of hydrogen-bond donors (Lipinski definition) is 3. The molecule has 1 aliphatic rings. The molecule has 22 heavy (non-hydrogen) atoms. The number of rotatable bonds is 5. The number of aromatic nitrogens is 1. The second-order valence-electron chi connectivity index (χ2n) is 5.44. The lowest BCUT2D eigenvalue weighted by molar-refractivity contribution is 0.0999. The predicted molar refractivity (Wildman–Crippen MR) is 87.6 cm³/mol. The van der Waals surface area contributed by atoms with Crippen molar-refractivity contribution in [3.63, 3.8) is 0 Å². The van der Waals surface area contributed by atoms with Crippen LogP contribution in [0.4, 0.5) is 5.69 Å². The normalized spacial score (nSPS) is 14.3. The fourth-order valence-electron chi connectivity index (χ4n) is 2.54. The molecule has 2 aromatic rings. The predicted octanol–water partition coefficient (Wildman–Crippen LogP) is 1.46. The van der Waals surface area contributed by atoms with Crippen molar-refractivity contribution in [3.05, 3.63) is 39.1 Å². The summed E-state index contributed by atoms with van der Waals surface area (Å²) in [5, 5.41) is 4.03. The first kappa shape index (κ1) is 14.9. The van der Waals surface area contributed by atoms with Crippen LogP contribution in [0.15, 0.2) is 23.1 Å². The van der Waals surface area contributed by atoms with Crippen LogP contribution in [-0.2, 0) is 0 Å². The maximum atomic E-state index is 12.5. The quantitative estimate of drug-likeness (QED) is 0.776. The molecule has 0 unspecified atom stereocenters. The maximum absolute atomic E-state index is 12.5. The molecule has 1 heterocycles. The van der Waals surface area contributed by atoms with E-state index in [9.17, 15) is 9.59 Å². The van der Waals surface area contributed by atoms with Gasteiger partial charge in [-0.3, -0.25) is 9.59 Å². The number of carbonyl (C=O) groups is 1. The molecule has 0 bridgehead atoms. The summed E-state index contributed by atoms with van der Waals surface area (Å²) < 4.78 is 1.93. The van der Waals surface area contributed by atoms with Crippen molar-refractivity contribution >= 4 is 34.1 Å². The number of anilines is 1. The number of primary amides is 1. The largest absolute Gasteiger partial charge is 0.383 e. The first-order chi connectivity index (χ1) is 10.5. The molecule has 1 aromatic heterocycles. The van der Waals surface area contributed by atoms with E-state index >= 15 is 0 Å². The topological polar surface area (TPSA) is 103 Å². The summed E-state index contributed by atoms with van der Waals surface area (Å²) >= 11 is 6.28. The highest BCUT2D eigenvalue weighted by molar-refractivity contribution is 6.34. The molecule has 1 aromatic carbocycles. The summed E-state index contributed by atoms with van der Waals surface area (Å²) in [6.07, 6.45) is 3.58. The van der Waals surface area contributed by atoms with Crippen molar-refractivity contribution in [2.45, 2.75) is 18.9 Å². The molecule has 1 fully saturated rings. The Hall–Kier alpha value is -2.05. The number of nitrogens with two attached hydrogens (primary N) is 2. The molecule has 0 aliphatic heterocycles. The fraction of sp³-hybridized carbons (Fsp3) is 0.333. The van der Waals surface area contributed by atoms with Crippen molar-refractivity contribution in [2.24, 2.45) is 11.5 Å². The molecule has 0 atom stereocenters. The van der Waals surface area contributed by atoms with E-state index in [1.807, 2.05) is 4.57 Å². The number of halogens is 1. The van der Waals surface area contributed by atoms with Gasteiger partial charge in [-0.15, -0.1) is 0 Å². The van der Waals surface area contributed by atoms with Crippen LogP contribution in [0.1, 0.15) is 29.2 Å². The Balaban J connectivity index is 2.27. The van der Waals surface area contributed by atoms with Crippen LogP contribution in [0.2, 0.25) is 5.02 Å². The van der Waals surface area contributed by atoms with Gasteiger partial charge >= 0.3 is 0 Å². The van der Waals surface area contributed by atoms with E-state index in [4.69, 9.17) is 23.1 Å². The lowest BCUT2D eigenvalue weighted by atomic mass is 10.1. The van der Waals surface area contributed by atoms with Gasteiger partial charge in [0.2, 0.25) is 5.43 Å². The van der Waals surface area contributed by atoms with Crippen LogP contribution in [0.3, 0.4) is 0 Å². The second-order valence-corrected chi connectivity index (χ2v) is 5.85. The van der Waals surface area contributed by atoms with E-state index < -0.39 is 5.91 Å². The van der Waals surface area contributed by atoms with Gasteiger partial charge in [0, 0.05) is 30.7 Å². The van der Waals surface area contributed by atoms with Gasteiger partial charge < -0.3 is 21.4 Å². The van der Waals surface area contributed by atoms with Gasteiger partial charge in [-0.1, -0.05) is 11.6 Å². The molecule has 7 heteroatoms. The summed E-state index contributed by atoms with van der Waals surface area (Å²) in [4.78, 5) is 24.0. The SMILES string of the molecule is NCCNc1cc2c(=O)c(C(N)=O)cn(C3CC3)c2cc1Cl. The monoisotopic (exact) mass is 320 g/mol. The molecule has 116 valence electrons. The van der Waals surface area contributed by atoms with Crippen molar-refractivity contribution in [1.29, 1.82) is 0 Å². The number of hydrogen-bond acceptors (Lipinski definition) is 4. The zero-order chi connectivity index (χ0) is 15.9. The van der Waals surface area contributed by atoms with Crippen molar-refractivity contribution in [2.75, 3.05) is 18.4 Å². The van der Waals surface area contributed by atoms with Crippen LogP contribution in [-0.4, -0.2) is 23.6 Å². The molecule has 1 saturated carbocycles. The number of nitrogens with zero attached hydrogens (tertiary/aromatic N) is 1. The second kappa shape index (κ2) is 5.62. The van der Waals surface area contributed by atoms with Gasteiger partial charge in [-0.05, 0) is 25.0 Å². The van der Waals surface area contributed by atoms with E-state index in [1.54, 1.807) is 18.3 Å². The smallest absolute Gasteiger partial charge is 0.254 e. The van der Waals surface area contributed by atoms with Crippen LogP contribution in [0, 0.1) is 0 Å². The van der Waals surface area contributed by atoms with Crippen molar-refractivity contribution in [1.82, 2.24) is 4.57 Å². The standard InChI is InChI=1S/C15H17ClN4O2/c16-11-6-13-9(5-12(11)19-4-3-17)14(21)10(15(18)22)7-20(13)8-1-2-8/h5-8,19H,1-4,17H2,(H2,18,22). The number of amides is 1. The lowest BCUT2D eigenvalue weighted by Gasteiger charge is -2.14. The highest BCUT2D eigenvalue weighted by Crippen LogP contribution is 2.38. The van der Waals surface area contributed by atoms with Crippen LogP contribution in [0.25, 0.3) is 10.9 Å². The van der Waals surface area contributed by atoms with Gasteiger partial charge in [0.1, 0.15) is 5.56 Å². The molecule has 0 saturated heterocycles. The molecular weight excluding hydrogens is 304 g/mol. The average molecular weight is 321 g/mol. The van der Waals surface area contributed by atoms with E-state index in [0.717, 1.165) is 18.4 Å². The Bertz CT molecular complexity index is 811. The Morgan fingerprint density at radius 2 is 2.14 bits per heavy atom. The van der Waals surface area contributed by atoms with Gasteiger partial charge in [-0.2, -0.15) is 0 Å². The zero-order valence-corrected chi connectivity index (χ0v) is 12.7. The zero-order valence-electron chi connectivity index (χ0n) is 11.9. The highest BCUT2D eigenvalue weighted by atomic mass is 35.5. The third-order valence-corrected chi connectivity index (χ3v) is 4.10. The van der Waals surface area contributed by atoms with Gasteiger partial charge in [0.15, 0.2) is 0 Å². The minimum atomic E-state index is -0.715. The third kappa shape index (κ3) is 2.55. The maximum Gasteiger partial charge on any atom is 0.254 e. The average Bonchev–Trinajstić information content (AvgIpc) is 3.30. The van der Waals surface area contributed by atoms with Gasteiger partial charge in [-0.25, -0.2) is 0 Å². The summed E-state index contributed by atoms with van der Waals surface area (Å²) in [5.41, 5.74) is 11.8. The van der Waals surface area contributed by atoms with E-state index in [0.29, 0.717) is 35.2 Å². The van der Waals surface area contributed by atoms with Crippen molar-refractivity contribution in [3.8, 4) is 0 Å². The minimum Gasteiger partial charge on any atom is -0.383 e. The van der Waals surface area contributed by atoms with Crippen LogP contribution < -0.4 is 22.2 Å². The molecule has 5 N–H and O–H groups in total. The molecule has 1 aliphatic carbocycles. The Labute approximate surface area is 132 Å². The first-order valence-electron chi connectivity index (χ1n) is 7.15. The summed E-state index contributed by atoms with van der Waals surface area (Å²) in [7, 11) is 0. The molecule has 1 amide bonds.